The summed E-state index contributed by atoms with van der Waals surface area (Å²) in [6.07, 6.45) is 0.776. The van der Waals surface area contributed by atoms with Crippen molar-refractivity contribution in [3.63, 3.8) is 0 Å². The van der Waals surface area contributed by atoms with Crippen LogP contribution in [-0.4, -0.2) is 47.3 Å². The molecule has 0 aromatic carbocycles. The Kier molecular flexibility index (Phi) is 4.45. The molecular weight excluding hydrogens is 234 g/mol. The summed E-state index contributed by atoms with van der Waals surface area (Å²) in [7, 11) is 0. The van der Waals surface area contributed by atoms with E-state index in [1.807, 2.05) is 20.8 Å². The van der Waals surface area contributed by atoms with Gasteiger partial charge in [-0.3, -0.25) is 24.6 Å². The van der Waals surface area contributed by atoms with Gasteiger partial charge in [0.25, 0.3) is 0 Å². The fourth-order valence-electron chi connectivity index (χ4n) is 1.59. The van der Waals surface area contributed by atoms with Gasteiger partial charge in [0, 0.05) is 5.54 Å². The monoisotopic (exact) mass is 255 g/mol. The quantitative estimate of drug-likeness (QED) is 0.672. The molecule has 1 fully saturated rings. The molecule has 0 aromatic rings. The molecule has 0 bridgehead atoms. The number of imide groups is 1. The van der Waals surface area contributed by atoms with Crippen LogP contribution in [0.15, 0.2) is 0 Å². The van der Waals surface area contributed by atoms with E-state index >= 15 is 0 Å². The SMILES string of the molecule is CCC(C)(C)NC(=O)CN1C(=O)CNC(C)C1=O. The normalized spacial score (nSPS) is 21.1. The van der Waals surface area contributed by atoms with E-state index in [0.717, 1.165) is 11.3 Å². The van der Waals surface area contributed by atoms with E-state index in [2.05, 4.69) is 10.6 Å². The molecule has 0 aromatic heterocycles. The summed E-state index contributed by atoms with van der Waals surface area (Å²) in [6.45, 7) is 7.33. The predicted octanol–water partition coefficient (Wildman–Crippen LogP) is -0.362. The van der Waals surface area contributed by atoms with Crippen molar-refractivity contribution >= 4 is 17.7 Å². The Labute approximate surface area is 107 Å². The number of nitrogens with one attached hydrogen (secondary N) is 2. The molecule has 1 aliphatic rings. The lowest BCUT2D eigenvalue weighted by Gasteiger charge is -2.31. The predicted molar refractivity (Wildman–Crippen MR) is 66.7 cm³/mol. The van der Waals surface area contributed by atoms with Crippen LogP contribution in [0.2, 0.25) is 0 Å². The summed E-state index contributed by atoms with van der Waals surface area (Å²) >= 11 is 0. The maximum Gasteiger partial charge on any atom is 0.246 e. The Morgan fingerprint density at radius 2 is 2.11 bits per heavy atom. The van der Waals surface area contributed by atoms with Crippen molar-refractivity contribution in [1.82, 2.24) is 15.5 Å². The maximum atomic E-state index is 11.8. The second-order valence-electron chi connectivity index (χ2n) is 5.21. The molecule has 0 radical (unpaired) electrons. The van der Waals surface area contributed by atoms with Gasteiger partial charge in [-0.05, 0) is 27.2 Å². The fraction of sp³-hybridized carbons (Fsp3) is 0.750. The Hall–Kier alpha value is -1.43. The number of hydrogen-bond acceptors (Lipinski definition) is 4. The van der Waals surface area contributed by atoms with Gasteiger partial charge in [-0.25, -0.2) is 0 Å². The largest absolute Gasteiger partial charge is 0.350 e. The third-order valence-corrected chi connectivity index (χ3v) is 3.16. The molecule has 1 atom stereocenters. The minimum atomic E-state index is -0.422. The number of rotatable bonds is 4. The summed E-state index contributed by atoms with van der Waals surface area (Å²) < 4.78 is 0. The third kappa shape index (κ3) is 3.53. The van der Waals surface area contributed by atoms with E-state index in [1.165, 1.54) is 0 Å². The highest BCUT2D eigenvalue weighted by molar-refractivity contribution is 6.03. The van der Waals surface area contributed by atoms with Gasteiger partial charge in [0.15, 0.2) is 0 Å². The molecule has 1 unspecified atom stereocenters. The van der Waals surface area contributed by atoms with Crippen LogP contribution in [0.5, 0.6) is 0 Å². The lowest BCUT2D eigenvalue weighted by Crippen LogP contribution is -2.59. The van der Waals surface area contributed by atoms with Gasteiger partial charge in [-0.1, -0.05) is 6.92 Å². The Balaban J connectivity index is 2.63. The molecule has 6 heteroatoms. The Morgan fingerprint density at radius 1 is 1.50 bits per heavy atom. The number of hydrogen-bond donors (Lipinski definition) is 2. The van der Waals surface area contributed by atoms with Gasteiger partial charge in [0.1, 0.15) is 6.54 Å². The highest BCUT2D eigenvalue weighted by Gasteiger charge is 2.33. The lowest BCUT2D eigenvalue weighted by atomic mass is 10.0. The zero-order valence-corrected chi connectivity index (χ0v) is 11.4. The number of carbonyl (C=O) groups excluding carboxylic acids is 3. The lowest BCUT2D eigenvalue weighted by molar-refractivity contribution is -0.151. The molecule has 1 heterocycles. The fourth-order valence-corrected chi connectivity index (χ4v) is 1.59. The van der Waals surface area contributed by atoms with Gasteiger partial charge in [0.05, 0.1) is 12.6 Å². The zero-order valence-electron chi connectivity index (χ0n) is 11.4. The van der Waals surface area contributed by atoms with Crippen LogP contribution in [0.3, 0.4) is 0 Å². The van der Waals surface area contributed by atoms with Crippen LogP contribution < -0.4 is 10.6 Å². The van der Waals surface area contributed by atoms with Crippen molar-refractivity contribution < 1.29 is 14.4 Å². The van der Waals surface area contributed by atoms with Crippen LogP contribution in [0.4, 0.5) is 0 Å². The van der Waals surface area contributed by atoms with E-state index in [-0.39, 0.29) is 36.3 Å². The average molecular weight is 255 g/mol. The molecule has 6 nitrogen and oxygen atoms in total. The van der Waals surface area contributed by atoms with Crippen LogP contribution in [0.25, 0.3) is 0 Å². The van der Waals surface area contributed by atoms with Crippen LogP contribution in [0, 0.1) is 0 Å². The van der Waals surface area contributed by atoms with E-state index < -0.39 is 6.04 Å². The second kappa shape index (κ2) is 5.48. The van der Waals surface area contributed by atoms with Gasteiger partial charge < -0.3 is 5.32 Å². The number of piperazine rings is 1. The van der Waals surface area contributed by atoms with Crippen molar-refractivity contribution in [2.24, 2.45) is 0 Å². The van der Waals surface area contributed by atoms with Crippen molar-refractivity contribution in [2.45, 2.75) is 45.7 Å². The molecule has 1 aliphatic heterocycles. The summed E-state index contributed by atoms with van der Waals surface area (Å²) in [5.74, 6) is -1.02. The van der Waals surface area contributed by atoms with Crippen LogP contribution in [-0.2, 0) is 14.4 Å². The number of nitrogens with zero attached hydrogens (tertiary/aromatic N) is 1. The summed E-state index contributed by atoms with van der Waals surface area (Å²) in [5.41, 5.74) is -0.331. The minimum Gasteiger partial charge on any atom is -0.350 e. The van der Waals surface area contributed by atoms with E-state index in [4.69, 9.17) is 0 Å². The molecule has 3 amide bonds. The average Bonchev–Trinajstić information content (AvgIpc) is 2.29. The first-order valence-electron chi connectivity index (χ1n) is 6.15. The smallest absolute Gasteiger partial charge is 0.246 e. The highest BCUT2D eigenvalue weighted by Crippen LogP contribution is 2.07. The van der Waals surface area contributed by atoms with Gasteiger partial charge in [-0.2, -0.15) is 0 Å². The third-order valence-electron chi connectivity index (χ3n) is 3.16. The number of amides is 3. The molecule has 1 rings (SSSR count). The highest BCUT2D eigenvalue weighted by atomic mass is 16.2. The molecule has 18 heavy (non-hydrogen) atoms. The first kappa shape index (κ1) is 14.6. The molecular formula is C12H21N3O3. The summed E-state index contributed by atoms with van der Waals surface area (Å²) in [4.78, 5) is 36.2. The van der Waals surface area contributed by atoms with Crippen LogP contribution >= 0.6 is 0 Å². The minimum absolute atomic E-state index is 0.0946. The molecule has 1 saturated heterocycles. The summed E-state index contributed by atoms with van der Waals surface area (Å²) in [6, 6.07) is -0.422. The van der Waals surface area contributed by atoms with Crippen molar-refractivity contribution in [1.29, 1.82) is 0 Å². The van der Waals surface area contributed by atoms with Gasteiger partial charge in [0.2, 0.25) is 17.7 Å². The molecule has 0 spiro atoms. The molecule has 102 valence electrons. The Bertz CT molecular complexity index is 366. The van der Waals surface area contributed by atoms with E-state index in [0.29, 0.717) is 0 Å². The first-order valence-corrected chi connectivity index (χ1v) is 6.15. The van der Waals surface area contributed by atoms with Crippen molar-refractivity contribution in [3.8, 4) is 0 Å². The molecule has 0 aliphatic carbocycles. The van der Waals surface area contributed by atoms with Crippen LogP contribution in [0.1, 0.15) is 34.1 Å². The maximum absolute atomic E-state index is 11.8. The standard InChI is InChI=1S/C12H21N3O3/c1-5-12(3,4)14-9(16)7-15-10(17)6-13-8(2)11(15)18/h8,13H,5-7H2,1-4H3,(H,14,16). The Morgan fingerprint density at radius 3 is 2.67 bits per heavy atom. The summed E-state index contributed by atoms with van der Waals surface area (Å²) in [5, 5.41) is 5.58. The molecule has 0 saturated carbocycles. The zero-order chi connectivity index (χ0) is 13.9. The number of carbonyl (C=O) groups is 3. The van der Waals surface area contributed by atoms with Crippen molar-refractivity contribution in [2.75, 3.05) is 13.1 Å². The van der Waals surface area contributed by atoms with Gasteiger partial charge >= 0.3 is 0 Å². The molecule has 2 N–H and O–H groups in total. The topological polar surface area (TPSA) is 78.5 Å². The second-order valence-corrected chi connectivity index (χ2v) is 5.21. The van der Waals surface area contributed by atoms with E-state index in [9.17, 15) is 14.4 Å². The van der Waals surface area contributed by atoms with Gasteiger partial charge in [-0.15, -0.1) is 0 Å². The first-order chi connectivity index (χ1) is 8.26. The van der Waals surface area contributed by atoms with Crippen molar-refractivity contribution in [3.05, 3.63) is 0 Å². The van der Waals surface area contributed by atoms with E-state index in [1.54, 1.807) is 6.92 Å².